The fourth-order valence-corrected chi connectivity index (χ4v) is 2.48. The van der Waals surface area contributed by atoms with E-state index < -0.39 is 5.97 Å². The van der Waals surface area contributed by atoms with Gasteiger partial charge in [-0.2, -0.15) is 0 Å². The van der Waals surface area contributed by atoms with Crippen molar-refractivity contribution >= 4 is 12.0 Å². The van der Waals surface area contributed by atoms with Gasteiger partial charge in [-0.05, 0) is 30.9 Å². The number of aromatic carboxylic acids is 1. The van der Waals surface area contributed by atoms with E-state index in [9.17, 15) is 9.59 Å². The molecule has 1 saturated heterocycles. The number of hydrogen-bond donors (Lipinski definition) is 1. The third-order valence-corrected chi connectivity index (χ3v) is 3.67. The third-order valence-electron chi connectivity index (χ3n) is 3.67. The number of carbonyl (C=O) groups excluding carboxylic acids is 1. The molecule has 2 rings (SSSR count). The van der Waals surface area contributed by atoms with E-state index >= 15 is 0 Å². The van der Waals surface area contributed by atoms with E-state index in [2.05, 4.69) is 0 Å². The van der Waals surface area contributed by atoms with E-state index in [-0.39, 0.29) is 6.03 Å². The van der Waals surface area contributed by atoms with Gasteiger partial charge in [0, 0.05) is 26.7 Å². The van der Waals surface area contributed by atoms with Crippen LogP contribution in [0.2, 0.25) is 0 Å². The molecule has 0 aliphatic carbocycles. The van der Waals surface area contributed by atoms with Gasteiger partial charge in [-0.25, -0.2) is 9.59 Å². The van der Waals surface area contributed by atoms with Crippen molar-refractivity contribution in [3.8, 4) is 0 Å². The quantitative estimate of drug-likeness (QED) is 0.915. The molecular weight excluding hydrogens is 256 g/mol. The van der Waals surface area contributed by atoms with Gasteiger partial charge in [0.1, 0.15) is 0 Å². The number of nitrogens with zero attached hydrogens (tertiary/aromatic N) is 2. The first-order chi connectivity index (χ1) is 9.59. The van der Waals surface area contributed by atoms with Gasteiger partial charge in [0.05, 0.1) is 5.56 Å². The average molecular weight is 276 g/mol. The second-order valence-electron chi connectivity index (χ2n) is 5.11. The van der Waals surface area contributed by atoms with Crippen molar-refractivity contribution in [3.63, 3.8) is 0 Å². The number of rotatable bonds is 4. The molecule has 1 aromatic rings. The van der Waals surface area contributed by atoms with Crippen molar-refractivity contribution in [3.05, 3.63) is 35.4 Å². The van der Waals surface area contributed by atoms with Gasteiger partial charge in [0.15, 0.2) is 0 Å². The Morgan fingerprint density at radius 2 is 1.90 bits per heavy atom. The number of hydrogen-bond acceptors (Lipinski definition) is 2. The third kappa shape index (κ3) is 3.29. The minimum Gasteiger partial charge on any atom is -0.478 e. The molecule has 108 valence electrons. The lowest BCUT2D eigenvalue weighted by molar-refractivity contribution is 0.0695. The number of benzene rings is 1. The van der Waals surface area contributed by atoms with E-state index in [0.717, 1.165) is 31.5 Å². The summed E-state index contributed by atoms with van der Waals surface area (Å²) in [6, 6.07) is 6.98. The molecule has 0 spiro atoms. The van der Waals surface area contributed by atoms with Crippen LogP contribution in [0.4, 0.5) is 4.79 Å². The van der Waals surface area contributed by atoms with Gasteiger partial charge in [-0.3, -0.25) is 0 Å². The average Bonchev–Trinajstić information content (AvgIpc) is 2.98. The minimum atomic E-state index is -0.922. The fraction of sp³-hybridized carbons (Fsp3) is 0.467. The predicted octanol–water partition coefficient (Wildman–Crippen LogP) is 2.07. The lowest BCUT2D eigenvalue weighted by atomic mass is 10.0. The van der Waals surface area contributed by atoms with Gasteiger partial charge in [-0.1, -0.05) is 18.2 Å². The van der Waals surface area contributed by atoms with Gasteiger partial charge in [0.25, 0.3) is 0 Å². The summed E-state index contributed by atoms with van der Waals surface area (Å²) in [5.74, 6) is -0.922. The number of carboxylic acids is 1. The molecular formula is C15H20N2O3. The van der Waals surface area contributed by atoms with Crippen molar-refractivity contribution in [1.29, 1.82) is 0 Å². The monoisotopic (exact) mass is 276 g/mol. The summed E-state index contributed by atoms with van der Waals surface area (Å²) in [6.45, 7) is 2.18. The van der Waals surface area contributed by atoms with E-state index in [1.807, 2.05) is 11.0 Å². The van der Waals surface area contributed by atoms with Crippen LogP contribution in [0.15, 0.2) is 24.3 Å². The Bertz CT molecular complexity index is 496. The Morgan fingerprint density at radius 1 is 1.25 bits per heavy atom. The molecule has 0 unspecified atom stereocenters. The first kappa shape index (κ1) is 14.4. The van der Waals surface area contributed by atoms with Crippen LogP contribution < -0.4 is 0 Å². The Labute approximate surface area is 118 Å². The van der Waals surface area contributed by atoms with Gasteiger partial charge < -0.3 is 14.9 Å². The molecule has 5 heteroatoms. The highest BCUT2D eigenvalue weighted by Gasteiger charge is 2.21. The molecule has 1 aliphatic heterocycles. The molecule has 0 radical (unpaired) electrons. The highest BCUT2D eigenvalue weighted by Crippen LogP contribution is 2.12. The fourth-order valence-electron chi connectivity index (χ4n) is 2.48. The summed E-state index contributed by atoms with van der Waals surface area (Å²) in [7, 11) is 1.77. The number of amides is 2. The highest BCUT2D eigenvalue weighted by molar-refractivity contribution is 5.89. The predicted molar refractivity (Wildman–Crippen MR) is 75.9 cm³/mol. The van der Waals surface area contributed by atoms with Gasteiger partial charge in [0.2, 0.25) is 0 Å². The van der Waals surface area contributed by atoms with Crippen LogP contribution in [0, 0.1) is 0 Å². The van der Waals surface area contributed by atoms with Crippen molar-refractivity contribution in [2.24, 2.45) is 0 Å². The van der Waals surface area contributed by atoms with Gasteiger partial charge >= 0.3 is 12.0 Å². The van der Waals surface area contributed by atoms with Crippen molar-refractivity contribution < 1.29 is 14.7 Å². The first-order valence-corrected chi connectivity index (χ1v) is 6.91. The molecule has 0 saturated carbocycles. The molecule has 0 bridgehead atoms. The molecule has 2 amide bonds. The van der Waals surface area contributed by atoms with E-state index in [1.165, 1.54) is 0 Å². The van der Waals surface area contributed by atoms with Crippen LogP contribution in [0.25, 0.3) is 0 Å². The van der Waals surface area contributed by atoms with Crippen LogP contribution in [0.5, 0.6) is 0 Å². The number of carboxylic acid groups (broad SMARTS) is 1. The lowest BCUT2D eigenvalue weighted by Crippen LogP contribution is -2.40. The normalized spacial score (nSPS) is 14.3. The molecule has 1 N–H and O–H groups in total. The van der Waals surface area contributed by atoms with Crippen molar-refractivity contribution in [1.82, 2.24) is 9.80 Å². The Morgan fingerprint density at radius 3 is 2.55 bits per heavy atom. The number of likely N-dealkylation sites (tertiary alicyclic amines) is 1. The summed E-state index contributed by atoms with van der Waals surface area (Å²) in [5.41, 5.74) is 1.08. The number of likely N-dealkylation sites (N-methyl/N-ethyl adjacent to an activating group) is 1. The molecule has 1 aliphatic rings. The number of urea groups is 1. The molecule has 1 aromatic carbocycles. The van der Waals surface area contributed by atoms with E-state index in [0.29, 0.717) is 18.5 Å². The summed E-state index contributed by atoms with van der Waals surface area (Å²) >= 11 is 0. The second kappa shape index (κ2) is 6.41. The first-order valence-electron chi connectivity index (χ1n) is 6.91. The van der Waals surface area contributed by atoms with Crippen molar-refractivity contribution in [2.75, 3.05) is 26.7 Å². The maximum Gasteiger partial charge on any atom is 0.335 e. The standard InChI is InChI=1S/C15H20N2O3/c1-16(15(20)17-9-4-5-10-17)11-8-12-6-2-3-7-13(12)14(18)19/h2-3,6-7H,4-5,8-11H2,1H3,(H,18,19). The van der Waals surface area contributed by atoms with Crippen LogP contribution in [0.1, 0.15) is 28.8 Å². The van der Waals surface area contributed by atoms with Crippen LogP contribution in [0.3, 0.4) is 0 Å². The highest BCUT2D eigenvalue weighted by atomic mass is 16.4. The largest absolute Gasteiger partial charge is 0.478 e. The topological polar surface area (TPSA) is 60.9 Å². The molecule has 1 fully saturated rings. The Balaban J connectivity index is 1.94. The molecule has 20 heavy (non-hydrogen) atoms. The minimum absolute atomic E-state index is 0.0373. The maximum absolute atomic E-state index is 12.1. The SMILES string of the molecule is CN(CCc1ccccc1C(=O)O)C(=O)N1CCCC1. The number of carbonyl (C=O) groups is 2. The molecule has 1 heterocycles. The van der Waals surface area contributed by atoms with Crippen LogP contribution in [-0.4, -0.2) is 53.6 Å². The summed E-state index contributed by atoms with van der Waals surface area (Å²) < 4.78 is 0. The second-order valence-corrected chi connectivity index (χ2v) is 5.11. The van der Waals surface area contributed by atoms with E-state index in [4.69, 9.17) is 5.11 Å². The summed E-state index contributed by atoms with van der Waals surface area (Å²) in [5, 5.41) is 9.12. The zero-order chi connectivity index (χ0) is 14.5. The molecule has 0 aromatic heterocycles. The smallest absolute Gasteiger partial charge is 0.335 e. The maximum atomic E-state index is 12.1. The Hall–Kier alpha value is -2.04. The molecule has 0 atom stereocenters. The van der Waals surface area contributed by atoms with Crippen LogP contribution in [-0.2, 0) is 6.42 Å². The summed E-state index contributed by atoms with van der Waals surface area (Å²) in [4.78, 5) is 26.8. The van der Waals surface area contributed by atoms with Crippen molar-refractivity contribution in [2.45, 2.75) is 19.3 Å². The van der Waals surface area contributed by atoms with Crippen LogP contribution >= 0.6 is 0 Å². The molecule has 5 nitrogen and oxygen atoms in total. The van der Waals surface area contributed by atoms with Gasteiger partial charge in [-0.15, -0.1) is 0 Å². The Kier molecular flexibility index (Phi) is 4.61. The summed E-state index contributed by atoms with van der Waals surface area (Å²) in [6.07, 6.45) is 2.70. The zero-order valence-electron chi connectivity index (χ0n) is 11.7. The van der Waals surface area contributed by atoms with E-state index in [1.54, 1.807) is 30.1 Å². The zero-order valence-corrected chi connectivity index (χ0v) is 11.7. The lowest BCUT2D eigenvalue weighted by Gasteiger charge is -2.24.